The topological polar surface area (TPSA) is 100 Å². The molecule has 1 saturated carbocycles. The molecule has 5 rings (SSSR count). The predicted octanol–water partition coefficient (Wildman–Crippen LogP) is 4.01. The Morgan fingerprint density at radius 2 is 2.00 bits per heavy atom. The van der Waals surface area contributed by atoms with E-state index in [1.54, 1.807) is 23.6 Å². The van der Waals surface area contributed by atoms with E-state index < -0.39 is 5.60 Å². The van der Waals surface area contributed by atoms with Crippen molar-refractivity contribution < 1.29 is 9.53 Å². The van der Waals surface area contributed by atoms with Gasteiger partial charge in [0, 0.05) is 38.1 Å². The Bertz CT molecular complexity index is 1280. The lowest BCUT2D eigenvalue weighted by Crippen LogP contribution is -2.54. The van der Waals surface area contributed by atoms with Crippen molar-refractivity contribution in [3.63, 3.8) is 0 Å². The fraction of sp³-hybridized carbons (Fsp3) is 0.480. The van der Waals surface area contributed by atoms with Crippen molar-refractivity contribution in [2.75, 3.05) is 24.5 Å². The number of hydrogen-bond donors (Lipinski definition) is 0. The molecule has 0 aromatic carbocycles. The molecule has 1 saturated heterocycles. The second-order valence-corrected chi connectivity index (χ2v) is 10.1. The van der Waals surface area contributed by atoms with Gasteiger partial charge < -0.3 is 14.5 Å². The highest BCUT2D eigenvalue weighted by molar-refractivity contribution is 5.93. The Morgan fingerprint density at radius 3 is 2.68 bits per heavy atom. The van der Waals surface area contributed by atoms with Crippen molar-refractivity contribution in [1.82, 2.24) is 24.4 Å². The highest BCUT2D eigenvalue weighted by Gasteiger charge is 2.34. The Labute approximate surface area is 199 Å². The zero-order valence-corrected chi connectivity index (χ0v) is 20.0. The van der Waals surface area contributed by atoms with Crippen LogP contribution in [0.1, 0.15) is 57.6 Å². The third-order valence-corrected chi connectivity index (χ3v) is 6.29. The number of nitriles is 1. The molecule has 9 nitrogen and oxygen atoms in total. The Balaban J connectivity index is 1.51. The number of carbonyl (C=O) groups is 1. The number of anilines is 1. The van der Waals surface area contributed by atoms with Crippen molar-refractivity contribution in [3.8, 4) is 11.8 Å². The third-order valence-electron chi connectivity index (χ3n) is 6.29. The quantitative estimate of drug-likeness (QED) is 0.583. The molecule has 2 fully saturated rings. The summed E-state index contributed by atoms with van der Waals surface area (Å²) in [5.41, 5.74) is 2.84. The maximum absolute atomic E-state index is 12.6. The van der Waals surface area contributed by atoms with Crippen molar-refractivity contribution in [2.45, 2.75) is 58.1 Å². The van der Waals surface area contributed by atoms with E-state index in [4.69, 9.17) is 9.72 Å². The average Bonchev–Trinajstić information content (AvgIpc) is 3.57. The molecule has 1 aliphatic carbocycles. The Hall–Kier alpha value is -3.67. The van der Waals surface area contributed by atoms with Crippen molar-refractivity contribution in [2.24, 2.45) is 0 Å². The van der Waals surface area contributed by atoms with Gasteiger partial charge >= 0.3 is 6.09 Å². The Kier molecular flexibility index (Phi) is 5.39. The summed E-state index contributed by atoms with van der Waals surface area (Å²) in [6.45, 7) is 9.55. The zero-order valence-electron chi connectivity index (χ0n) is 20.0. The molecule has 4 heterocycles. The van der Waals surface area contributed by atoms with Crippen LogP contribution in [0.4, 0.5) is 10.6 Å². The molecule has 0 spiro atoms. The molecule has 176 valence electrons. The number of amides is 1. The molecule has 3 aromatic heterocycles. The second-order valence-electron chi connectivity index (χ2n) is 10.1. The monoisotopic (exact) mass is 459 g/mol. The number of fused-ring (bicyclic) bond motifs is 1. The smallest absolute Gasteiger partial charge is 0.410 e. The van der Waals surface area contributed by atoms with Gasteiger partial charge in [-0.25, -0.2) is 14.8 Å². The van der Waals surface area contributed by atoms with Crippen LogP contribution in [0.5, 0.6) is 0 Å². The van der Waals surface area contributed by atoms with Crippen LogP contribution in [0.25, 0.3) is 16.7 Å². The summed E-state index contributed by atoms with van der Waals surface area (Å²) in [7, 11) is 0. The minimum atomic E-state index is -0.518. The molecule has 2 aliphatic rings. The third kappa shape index (κ3) is 4.16. The van der Waals surface area contributed by atoms with Crippen LogP contribution in [0, 0.1) is 11.3 Å². The summed E-state index contributed by atoms with van der Waals surface area (Å²) >= 11 is 0. The lowest BCUT2D eigenvalue weighted by molar-refractivity contribution is 0.0218. The van der Waals surface area contributed by atoms with E-state index in [0.29, 0.717) is 31.1 Å². The van der Waals surface area contributed by atoms with E-state index in [-0.39, 0.29) is 12.1 Å². The van der Waals surface area contributed by atoms with E-state index in [1.807, 2.05) is 31.4 Å². The predicted molar refractivity (Wildman–Crippen MR) is 128 cm³/mol. The van der Waals surface area contributed by atoms with Gasteiger partial charge in [0.1, 0.15) is 29.5 Å². The lowest BCUT2D eigenvalue weighted by atomic mass is 10.1. The maximum atomic E-state index is 12.6. The highest BCUT2D eigenvalue weighted by Crippen LogP contribution is 2.46. The Morgan fingerprint density at radius 1 is 1.21 bits per heavy atom. The summed E-state index contributed by atoms with van der Waals surface area (Å²) in [6.07, 6.45) is 9.04. The average molecular weight is 460 g/mol. The minimum Gasteiger partial charge on any atom is -0.444 e. The van der Waals surface area contributed by atoms with E-state index >= 15 is 0 Å². The summed E-state index contributed by atoms with van der Waals surface area (Å²) in [5, 5.41) is 10.4. The minimum absolute atomic E-state index is 0.0679. The number of piperazine rings is 1. The van der Waals surface area contributed by atoms with Crippen molar-refractivity contribution in [1.29, 1.82) is 5.26 Å². The molecule has 0 radical (unpaired) electrons. The molecular formula is C25H29N7O2. The van der Waals surface area contributed by atoms with Gasteiger partial charge in [0.05, 0.1) is 22.8 Å². The first kappa shape index (κ1) is 22.1. The number of rotatable bonds is 3. The first-order valence-electron chi connectivity index (χ1n) is 11.7. The van der Waals surface area contributed by atoms with Crippen LogP contribution in [0.3, 0.4) is 0 Å². The van der Waals surface area contributed by atoms with Gasteiger partial charge in [-0.2, -0.15) is 5.26 Å². The molecule has 9 heteroatoms. The first-order chi connectivity index (χ1) is 16.2. The number of nitrogens with zero attached hydrogens (tertiary/aromatic N) is 7. The van der Waals surface area contributed by atoms with Gasteiger partial charge in [-0.3, -0.25) is 9.55 Å². The zero-order chi connectivity index (χ0) is 24.0. The van der Waals surface area contributed by atoms with Crippen molar-refractivity contribution in [3.05, 3.63) is 42.1 Å². The number of aromatic nitrogens is 4. The van der Waals surface area contributed by atoms with Crippen molar-refractivity contribution >= 4 is 22.9 Å². The largest absolute Gasteiger partial charge is 0.444 e. The van der Waals surface area contributed by atoms with Crippen LogP contribution >= 0.6 is 0 Å². The molecule has 0 bridgehead atoms. The summed E-state index contributed by atoms with van der Waals surface area (Å²) in [4.78, 5) is 30.2. The fourth-order valence-electron chi connectivity index (χ4n) is 4.58. The van der Waals surface area contributed by atoms with Crippen LogP contribution in [-0.4, -0.2) is 61.8 Å². The maximum Gasteiger partial charge on any atom is 0.410 e. The van der Waals surface area contributed by atoms with Gasteiger partial charge in [-0.15, -0.1) is 0 Å². The molecular weight excluding hydrogens is 430 g/mol. The number of carbonyl (C=O) groups excluding carboxylic acids is 1. The molecule has 1 amide bonds. The standard InChI is InChI=1S/C25H29N7O2/c1-16-13-30(24(33)34-25(2,3)4)7-8-31(16)22-21-20(18-5-6-18)14-32(23(21)29-15-28-22)19-9-17(10-26)11-27-12-19/h9,11-12,14-16,18H,5-8,13H2,1-4H3/t16-/m0/s1. The molecule has 1 aliphatic heterocycles. The molecule has 0 N–H and O–H groups in total. The van der Waals surface area contributed by atoms with Crippen LogP contribution in [0.15, 0.2) is 31.0 Å². The van der Waals surface area contributed by atoms with Crippen LogP contribution in [-0.2, 0) is 4.74 Å². The second kappa shape index (κ2) is 8.28. The van der Waals surface area contributed by atoms with Gasteiger partial charge in [0.25, 0.3) is 0 Å². The summed E-state index contributed by atoms with van der Waals surface area (Å²) < 4.78 is 7.59. The fourth-order valence-corrected chi connectivity index (χ4v) is 4.58. The SMILES string of the molecule is C[C@H]1CN(C(=O)OC(C)(C)C)CCN1c1ncnc2c1c(C1CC1)cn2-c1cncc(C#N)c1. The van der Waals surface area contributed by atoms with Gasteiger partial charge in [0.2, 0.25) is 0 Å². The molecule has 34 heavy (non-hydrogen) atoms. The number of ether oxygens (including phenoxy) is 1. The molecule has 1 atom stereocenters. The normalized spacial score (nSPS) is 18.7. The highest BCUT2D eigenvalue weighted by atomic mass is 16.6. The molecule has 3 aromatic rings. The molecule has 0 unspecified atom stereocenters. The van der Waals surface area contributed by atoms with E-state index in [1.165, 1.54) is 5.56 Å². The number of hydrogen-bond acceptors (Lipinski definition) is 7. The van der Waals surface area contributed by atoms with Gasteiger partial charge in [-0.05, 0) is 58.1 Å². The van der Waals surface area contributed by atoms with E-state index in [9.17, 15) is 10.1 Å². The lowest BCUT2D eigenvalue weighted by Gasteiger charge is -2.41. The summed E-state index contributed by atoms with van der Waals surface area (Å²) in [5.74, 6) is 1.38. The van der Waals surface area contributed by atoms with Gasteiger partial charge in [0.15, 0.2) is 0 Å². The van der Waals surface area contributed by atoms with Crippen LogP contribution in [0.2, 0.25) is 0 Å². The first-order valence-corrected chi connectivity index (χ1v) is 11.7. The number of pyridine rings is 1. The van der Waals surface area contributed by atoms with E-state index in [2.05, 4.69) is 34.1 Å². The van der Waals surface area contributed by atoms with E-state index in [0.717, 1.165) is 35.4 Å². The van der Waals surface area contributed by atoms with Gasteiger partial charge in [-0.1, -0.05) is 0 Å². The van der Waals surface area contributed by atoms with Crippen LogP contribution < -0.4 is 4.90 Å². The summed E-state index contributed by atoms with van der Waals surface area (Å²) in [6, 6.07) is 4.06.